The van der Waals surface area contributed by atoms with Gasteiger partial charge in [0.1, 0.15) is 6.04 Å². The summed E-state index contributed by atoms with van der Waals surface area (Å²) in [5, 5.41) is 20.4. The Kier molecular flexibility index (Phi) is 6.44. The molecule has 0 rings (SSSR count). The molecule has 0 radical (unpaired) electrons. The van der Waals surface area contributed by atoms with Gasteiger partial charge in [-0.25, -0.2) is 0 Å². The van der Waals surface area contributed by atoms with Crippen molar-refractivity contribution in [2.24, 2.45) is 11.7 Å². The van der Waals surface area contributed by atoms with Crippen molar-refractivity contribution in [3.05, 3.63) is 0 Å². The molecule has 0 saturated carbocycles. The number of aliphatic carboxylic acids is 1. The number of carboxylic acid groups (broad SMARTS) is 1. The van der Waals surface area contributed by atoms with Gasteiger partial charge in [-0.1, -0.05) is 13.8 Å². The van der Waals surface area contributed by atoms with Crippen molar-refractivity contribution in [2.45, 2.75) is 32.4 Å². The summed E-state index contributed by atoms with van der Waals surface area (Å²) in [5.74, 6) is -0.570. The Morgan fingerprint density at radius 1 is 1.50 bits per heavy atom. The summed E-state index contributed by atoms with van der Waals surface area (Å²) >= 11 is 0. The number of nitrogens with two attached hydrogens (primary N) is 1. The van der Waals surface area contributed by atoms with E-state index in [2.05, 4.69) is 5.32 Å². The fourth-order valence-electron chi connectivity index (χ4n) is 1.17. The molecule has 0 aromatic rings. The molecule has 0 saturated heterocycles. The van der Waals surface area contributed by atoms with Crippen molar-refractivity contribution in [3.63, 3.8) is 0 Å². The van der Waals surface area contributed by atoms with E-state index in [0.717, 1.165) is 6.42 Å². The Balaban J connectivity index is 3.77. The van der Waals surface area contributed by atoms with Crippen LogP contribution in [0.1, 0.15) is 20.3 Å². The molecule has 14 heavy (non-hydrogen) atoms. The molecular formula is C9H20N2O3. The van der Waals surface area contributed by atoms with Gasteiger partial charge in [-0.2, -0.15) is 0 Å². The molecule has 0 amide bonds. The van der Waals surface area contributed by atoms with Gasteiger partial charge in [0, 0.05) is 12.6 Å². The predicted molar refractivity (Wildman–Crippen MR) is 53.9 cm³/mol. The average Bonchev–Trinajstić information content (AvgIpc) is 2.10. The Labute approximate surface area is 84.3 Å². The van der Waals surface area contributed by atoms with Crippen LogP contribution in [0.3, 0.4) is 0 Å². The third-order valence-corrected chi connectivity index (χ3v) is 1.92. The Morgan fingerprint density at radius 2 is 2.07 bits per heavy atom. The number of rotatable bonds is 7. The maximum atomic E-state index is 10.4. The number of aliphatic hydroxyl groups excluding tert-OH is 1. The van der Waals surface area contributed by atoms with E-state index in [4.69, 9.17) is 15.9 Å². The third kappa shape index (κ3) is 5.90. The molecule has 2 atom stereocenters. The standard InChI is InChI=1S/C9H20N2O3/c1-6(2)3-7(5-12)11-4-8(10)9(13)14/h6-8,11-12H,3-5,10H2,1-2H3,(H,13,14). The quantitative estimate of drug-likeness (QED) is 0.444. The highest BCUT2D eigenvalue weighted by atomic mass is 16.4. The minimum atomic E-state index is -1.03. The molecule has 0 fully saturated rings. The minimum absolute atomic E-state index is 0.00448. The van der Waals surface area contributed by atoms with E-state index >= 15 is 0 Å². The van der Waals surface area contributed by atoms with Crippen LogP contribution in [0.4, 0.5) is 0 Å². The van der Waals surface area contributed by atoms with Gasteiger partial charge in [0.15, 0.2) is 0 Å². The smallest absolute Gasteiger partial charge is 0.321 e. The highest BCUT2D eigenvalue weighted by Gasteiger charge is 2.14. The molecular weight excluding hydrogens is 184 g/mol. The van der Waals surface area contributed by atoms with Crippen LogP contribution in [-0.2, 0) is 4.79 Å². The number of carboxylic acids is 1. The van der Waals surface area contributed by atoms with E-state index in [1.807, 2.05) is 13.8 Å². The predicted octanol–water partition coefficient (Wildman–Crippen LogP) is -0.605. The molecule has 2 unspecified atom stereocenters. The van der Waals surface area contributed by atoms with Crippen molar-refractivity contribution in [2.75, 3.05) is 13.2 Å². The SMILES string of the molecule is CC(C)CC(CO)NCC(N)C(=O)O. The lowest BCUT2D eigenvalue weighted by Gasteiger charge is -2.19. The highest BCUT2D eigenvalue weighted by Crippen LogP contribution is 2.03. The molecule has 0 aromatic heterocycles. The van der Waals surface area contributed by atoms with Crippen molar-refractivity contribution in [1.29, 1.82) is 0 Å². The topological polar surface area (TPSA) is 95.6 Å². The van der Waals surface area contributed by atoms with Crippen LogP contribution < -0.4 is 11.1 Å². The van der Waals surface area contributed by atoms with Crippen molar-refractivity contribution < 1.29 is 15.0 Å². The number of nitrogens with one attached hydrogen (secondary N) is 1. The van der Waals surface area contributed by atoms with Crippen molar-refractivity contribution in [3.8, 4) is 0 Å². The summed E-state index contributed by atoms with van der Waals surface area (Å²) in [6.07, 6.45) is 0.808. The third-order valence-electron chi connectivity index (χ3n) is 1.92. The van der Waals surface area contributed by atoms with Gasteiger partial charge in [0.25, 0.3) is 0 Å². The first-order valence-corrected chi connectivity index (χ1v) is 4.80. The highest BCUT2D eigenvalue weighted by molar-refractivity contribution is 5.73. The van der Waals surface area contributed by atoms with E-state index in [9.17, 15) is 4.79 Å². The van der Waals surface area contributed by atoms with Crippen LogP contribution in [0.25, 0.3) is 0 Å². The first-order valence-electron chi connectivity index (χ1n) is 4.80. The molecule has 5 N–H and O–H groups in total. The van der Waals surface area contributed by atoms with Crippen LogP contribution >= 0.6 is 0 Å². The van der Waals surface area contributed by atoms with Crippen LogP contribution in [-0.4, -0.2) is 41.4 Å². The van der Waals surface area contributed by atoms with Crippen molar-refractivity contribution in [1.82, 2.24) is 5.32 Å². The van der Waals surface area contributed by atoms with Gasteiger partial charge >= 0.3 is 5.97 Å². The van der Waals surface area contributed by atoms with E-state index < -0.39 is 12.0 Å². The molecule has 0 aliphatic carbocycles. The summed E-state index contributed by atoms with van der Waals surface area (Å²) in [6, 6.07) is -0.975. The Morgan fingerprint density at radius 3 is 2.43 bits per heavy atom. The van der Waals surface area contributed by atoms with E-state index in [-0.39, 0.29) is 19.2 Å². The van der Waals surface area contributed by atoms with E-state index in [0.29, 0.717) is 5.92 Å². The fraction of sp³-hybridized carbons (Fsp3) is 0.889. The lowest BCUT2D eigenvalue weighted by molar-refractivity contribution is -0.138. The summed E-state index contributed by atoms with van der Waals surface area (Å²) in [4.78, 5) is 10.4. The zero-order valence-corrected chi connectivity index (χ0v) is 8.73. The molecule has 0 aliphatic rings. The van der Waals surface area contributed by atoms with Gasteiger partial charge in [0.2, 0.25) is 0 Å². The van der Waals surface area contributed by atoms with Crippen LogP contribution in [0, 0.1) is 5.92 Å². The van der Waals surface area contributed by atoms with Crippen molar-refractivity contribution >= 4 is 5.97 Å². The normalized spacial score (nSPS) is 15.5. The Hall–Kier alpha value is -0.650. The number of hydrogen-bond donors (Lipinski definition) is 4. The molecule has 0 aliphatic heterocycles. The maximum absolute atomic E-state index is 10.4. The molecule has 5 nitrogen and oxygen atoms in total. The van der Waals surface area contributed by atoms with Gasteiger partial charge < -0.3 is 21.3 Å². The number of carbonyl (C=O) groups is 1. The molecule has 0 bridgehead atoms. The van der Waals surface area contributed by atoms with E-state index in [1.54, 1.807) is 0 Å². The largest absolute Gasteiger partial charge is 0.480 e. The Bertz CT molecular complexity index is 173. The summed E-state index contributed by atoms with van der Waals surface area (Å²) in [6.45, 7) is 4.28. The molecule has 5 heteroatoms. The van der Waals surface area contributed by atoms with Crippen LogP contribution in [0.15, 0.2) is 0 Å². The first kappa shape index (κ1) is 13.4. The second kappa shape index (κ2) is 6.75. The lowest BCUT2D eigenvalue weighted by Crippen LogP contribution is -2.45. The second-order valence-corrected chi connectivity index (χ2v) is 3.86. The zero-order valence-electron chi connectivity index (χ0n) is 8.73. The minimum Gasteiger partial charge on any atom is -0.480 e. The van der Waals surface area contributed by atoms with Gasteiger partial charge in [-0.3, -0.25) is 4.79 Å². The molecule has 0 aromatic carbocycles. The summed E-state index contributed by atoms with van der Waals surface area (Å²) < 4.78 is 0. The molecule has 0 heterocycles. The summed E-state index contributed by atoms with van der Waals surface area (Å²) in [7, 11) is 0. The average molecular weight is 204 g/mol. The molecule has 0 spiro atoms. The zero-order chi connectivity index (χ0) is 11.1. The fourth-order valence-corrected chi connectivity index (χ4v) is 1.17. The lowest BCUT2D eigenvalue weighted by atomic mass is 10.0. The maximum Gasteiger partial charge on any atom is 0.321 e. The van der Waals surface area contributed by atoms with Gasteiger partial charge in [-0.15, -0.1) is 0 Å². The second-order valence-electron chi connectivity index (χ2n) is 3.86. The van der Waals surface area contributed by atoms with Gasteiger partial charge in [0.05, 0.1) is 6.61 Å². The van der Waals surface area contributed by atoms with E-state index in [1.165, 1.54) is 0 Å². The first-order chi connectivity index (χ1) is 6.47. The van der Waals surface area contributed by atoms with Crippen LogP contribution in [0.2, 0.25) is 0 Å². The number of hydrogen-bond acceptors (Lipinski definition) is 4. The summed E-state index contributed by atoms with van der Waals surface area (Å²) in [5.41, 5.74) is 5.31. The van der Waals surface area contributed by atoms with Crippen LogP contribution in [0.5, 0.6) is 0 Å². The monoisotopic (exact) mass is 204 g/mol. The van der Waals surface area contributed by atoms with Gasteiger partial charge in [-0.05, 0) is 12.3 Å². The molecule has 84 valence electrons. The number of aliphatic hydroxyl groups is 1.